The molecule has 290 valence electrons. The SMILES string of the molecule is Cc1ccc2c(c1)C(C)(C)C(/C=C/C1=C(Cl)C(=C/C=C3/N(CCCCCC(=O)O)c4ccc(P(=O)(O)O)cc4C3(C)C)/CCC1)=[N+]2CCCCCC(=O)O. The van der Waals surface area contributed by atoms with Gasteiger partial charge in [0, 0.05) is 65.3 Å². The van der Waals surface area contributed by atoms with Crippen LogP contribution >= 0.6 is 19.2 Å². The summed E-state index contributed by atoms with van der Waals surface area (Å²) in [4.78, 5) is 44.3. The minimum atomic E-state index is -4.46. The van der Waals surface area contributed by atoms with Gasteiger partial charge in [0.25, 0.3) is 0 Å². The average Bonchev–Trinajstić information content (AvgIpc) is 3.43. The Morgan fingerprint density at radius 1 is 0.852 bits per heavy atom. The summed E-state index contributed by atoms with van der Waals surface area (Å²) < 4.78 is 14.6. The Morgan fingerprint density at radius 2 is 1.54 bits per heavy atom. The number of nitrogens with zero attached hydrogens (tertiary/aromatic N) is 2. The first-order chi connectivity index (χ1) is 25.4. The molecule has 2 heterocycles. The molecule has 11 heteroatoms. The molecule has 1 aliphatic carbocycles. The molecule has 3 aliphatic rings. The standard InChI is InChI=1S/C43H54ClN2O7P/c1-29-17-21-35-33(27-29)42(2,3)37(45(35)25-10-6-8-15-39(47)48)23-18-30-13-12-14-31(41(30)44)19-24-38-43(4,5)34-28-32(54(51,52)53)20-22-36(34)46(38)26-11-7-9-16-40(49)50/h17-24,27-28H,6-16,25-26H2,1-5H3,(H3-,47,48,49,50,51,52,53)/p+1. The summed E-state index contributed by atoms with van der Waals surface area (Å²) >= 11 is 7.20. The van der Waals surface area contributed by atoms with Gasteiger partial charge in [-0.15, -0.1) is 0 Å². The third-order valence-electron chi connectivity index (χ3n) is 11.1. The van der Waals surface area contributed by atoms with Gasteiger partial charge in [0.15, 0.2) is 5.71 Å². The van der Waals surface area contributed by atoms with Crippen LogP contribution in [0.2, 0.25) is 0 Å². The number of halogens is 1. The Labute approximate surface area is 324 Å². The number of aliphatic carboxylic acids is 2. The highest BCUT2D eigenvalue weighted by molar-refractivity contribution is 7.60. The highest BCUT2D eigenvalue weighted by atomic mass is 35.5. The maximum Gasteiger partial charge on any atom is 0.356 e. The molecule has 0 saturated carbocycles. The van der Waals surface area contributed by atoms with Crippen molar-refractivity contribution in [2.45, 2.75) is 116 Å². The Balaban J connectivity index is 1.46. The molecule has 0 fully saturated rings. The van der Waals surface area contributed by atoms with Gasteiger partial charge < -0.3 is 24.9 Å². The van der Waals surface area contributed by atoms with Crippen LogP contribution < -0.4 is 10.2 Å². The second kappa shape index (κ2) is 16.9. The van der Waals surface area contributed by atoms with Gasteiger partial charge in [-0.2, -0.15) is 4.58 Å². The van der Waals surface area contributed by atoms with E-state index in [9.17, 15) is 23.9 Å². The van der Waals surface area contributed by atoms with E-state index < -0.39 is 24.9 Å². The number of benzene rings is 2. The van der Waals surface area contributed by atoms with E-state index in [0.717, 1.165) is 84.6 Å². The molecule has 5 rings (SSSR count). The molecule has 9 nitrogen and oxygen atoms in total. The summed E-state index contributed by atoms with van der Waals surface area (Å²) in [5.74, 6) is -1.56. The molecule has 0 spiro atoms. The van der Waals surface area contributed by atoms with Crippen LogP contribution in [0.4, 0.5) is 11.4 Å². The van der Waals surface area contributed by atoms with Crippen LogP contribution in [0.5, 0.6) is 0 Å². The van der Waals surface area contributed by atoms with Gasteiger partial charge in [0.2, 0.25) is 5.69 Å². The fraction of sp³-hybridized carbons (Fsp3) is 0.465. The van der Waals surface area contributed by atoms with Crippen molar-refractivity contribution in [1.82, 2.24) is 0 Å². The second-order valence-corrected chi connectivity index (χ2v) is 17.9. The monoisotopic (exact) mass is 777 g/mol. The Kier molecular flexibility index (Phi) is 13.0. The summed E-state index contributed by atoms with van der Waals surface area (Å²) in [7, 11) is -4.46. The van der Waals surface area contributed by atoms with Crippen LogP contribution in [0.25, 0.3) is 0 Å². The third kappa shape index (κ3) is 9.19. The van der Waals surface area contributed by atoms with Crippen molar-refractivity contribution in [1.29, 1.82) is 0 Å². The van der Waals surface area contributed by atoms with Crippen LogP contribution in [0.1, 0.15) is 115 Å². The van der Waals surface area contributed by atoms with Crippen LogP contribution in [-0.4, -0.2) is 55.3 Å². The van der Waals surface area contributed by atoms with Crippen LogP contribution in [0, 0.1) is 6.92 Å². The first kappa shape index (κ1) is 41.4. The minimum absolute atomic E-state index is 0.0108. The number of hydrogen-bond donors (Lipinski definition) is 4. The number of rotatable bonds is 16. The van der Waals surface area contributed by atoms with Gasteiger partial charge in [-0.05, 0) is 113 Å². The lowest BCUT2D eigenvalue weighted by Gasteiger charge is -2.27. The summed E-state index contributed by atoms with van der Waals surface area (Å²) in [6.45, 7) is 12.2. The predicted octanol–water partition coefficient (Wildman–Crippen LogP) is 9.31. The Morgan fingerprint density at radius 3 is 2.20 bits per heavy atom. The molecule has 2 aromatic carbocycles. The Bertz CT molecular complexity index is 2000. The summed E-state index contributed by atoms with van der Waals surface area (Å²) in [6.07, 6.45) is 16.0. The van der Waals surface area contributed by atoms with E-state index in [1.54, 1.807) is 12.1 Å². The second-order valence-electron chi connectivity index (χ2n) is 15.9. The molecule has 0 saturated heterocycles. The smallest absolute Gasteiger partial charge is 0.356 e. The molecule has 4 N–H and O–H groups in total. The molecule has 0 radical (unpaired) electrons. The Hall–Kier alpha value is -3.75. The van der Waals surface area contributed by atoms with Gasteiger partial charge >= 0.3 is 19.5 Å². The summed E-state index contributed by atoms with van der Waals surface area (Å²) in [5.41, 5.74) is 8.92. The summed E-state index contributed by atoms with van der Waals surface area (Å²) in [5, 5.41) is 18.9. The van der Waals surface area contributed by atoms with E-state index >= 15 is 0 Å². The lowest BCUT2D eigenvalue weighted by atomic mass is 9.80. The molecule has 0 bridgehead atoms. The number of unbranched alkanes of at least 4 members (excludes halogenated alkanes) is 4. The lowest BCUT2D eigenvalue weighted by molar-refractivity contribution is -0.438. The van der Waals surface area contributed by atoms with E-state index in [1.165, 1.54) is 28.6 Å². The van der Waals surface area contributed by atoms with Gasteiger partial charge in [-0.3, -0.25) is 14.2 Å². The predicted molar refractivity (Wildman–Crippen MR) is 217 cm³/mol. The number of aryl methyl sites for hydroxylation is 1. The van der Waals surface area contributed by atoms with Crippen molar-refractivity contribution in [2.75, 3.05) is 18.0 Å². The number of allylic oxidation sites excluding steroid dienone is 8. The number of anilines is 1. The number of carboxylic acid groups (broad SMARTS) is 2. The van der Waals surface area contributed by atoms with E-state index in [0.29, 0.717) is 19.4 Å². The van der Waals surface area contributed by atoms with Crippen LogP contribution in [0.3, 0.4) is 0 Å². The van der Waals surface area contributed by atoms with Crippen LogP contribution in [-0.2, 0) is 25.0 Å². The van der Waals surface area contributed by atoms with E-state index in [2.05, 4.69) is 86.6 Å². The number of carbonyl (C=O) groups is 2. The average molecular weight is 778 g/mol. The largest absolute Gasteiger partial charge is 0.481 e. The third-order valence-corrected chi connectivity index (χ3v) is 12.6. The summed E-state index contributed by atoms with van der Waals surface area (Å²) in [6, 6.07) is 11.5. The maximum absolute atomic E-state index is 12.2. The fourth-order valence-corrected chi connectivity index (χ4v) is 9.01. The number of carboxylic acids is 2. The molecule has 2 aliphatic heterocycles. The first-order valence-corrected chi connectivity index (χ1v) is 21.1. The van der Waals surface area contributed by atoms with Crippen molar-refractivity contribution in [3.63, 3.8) is 0 Å². The van der Waals surface area contributed by atoms with Gasteiger partial charge in [0.1, 0.15) is 6.54 Å². The topological polar surface area (TPSA) is 138 Å². The zero-order valence-corrected chi connectivity index (χ0v) is 33.8. The molecular weight excluding hydrogens is 723 g/mol. The fourth-order valence-electron chi connectivity index (χ4n) is 8.13. The normalized spacial score (nSPS) is 19.4. The minimum Gasteiger partial charge on any atom is -0.481 e. The van der Waals surface area contributed by atoms with Crippen molar-refractivity contribution in [3.05, 3.63) is 99.3 Å². The van der Waals surface area contributed by atoms with Crippen molar-refractivity contribution in [3.8, 4) is 0 Å². The first-order valence-electron chi connectivity index (χ1n) is 19.1. The zero-order chi connectivity index (χ0) is 39.4. The molecular formula is C43H55ClN2O7P+. The van der Waals surface area contributed by atoms with Crippen molar-refractivity contribution >= 4 is 53.5 Å². The molecule has 0 atom stereocenters. The van der Waals surface area contributed by atoms with E-state index in [4.69, 9.17) is 21.8 Å². The maximum atomic E-state index is 12.2. The molecule has 2 aromatic rings. The van der Waals surface area contributed by atoms with E-state index in [1.807, 2.05) is 0 Å². The van der Waals surface area contributed by atoms with Crippen molar-refractivity contribution in [2.24, 2.45) is 0 Å². The van der Waals surface area contributed by atoms with Gasteiger partial charge in [0.05, 0.1) is 10.7 Å². The highest BCUT2D eigenvalue weighted by Crippen LogP contribution is 2.49. The van der Waals surface area contributed by atoms with E-state index in [-0.39, 0.29) is 23.6 Å². The lowest BCUT2D eigenvalue weighted by Crippen LogP contribution is -2.28. The number of hydrogen-bond acceptors (Lipinski definition) is 4. The highest BCUT2D eigenvalue weighted by Gasteiger charge is 2.44. The van der Waals surface area contributed by atoms with Gasteiger partial charge in [-0.1, -0.05) is 55.7 Å². The van der Waals surface area contributed by atoms with Gasteiger partial charge in [-0.25, -0.2) is 0 Å². The molecule has 0 amide bonds. The molecule has 0 aromatic heterocycles. The van der Waals surface area contributed by atoms with Crippen LogP contribution in [0.15, 0.2) is 82.6 Å². The molecule has 0 unspecified atom stereocenters. The van der Waals surface area contributed by atoms with Crippen molar-refractivity contribution < 1.29 is 38.7 Å². The zero-order valence-electron chi connectivity index (χ0n) is 32.2. The quantitative estimate of drug-likeness (QED) is 0.0752. The molecule has 54 heavy (non-hydrogen) atoms. The number of fused-ring (bicyclic) bond motifs is 2.